The number of carbonyl (C=O) groups is 1. The zero-order chi connectivity index (χ0) is 16.6. The highest BCUT2D eigenvalue weighted by Crippen LogP contribution is 2.29. The summed E-state index contributed by atoms with van der Waals surface area (Å²) in [7, 11) is 0. The Kier molecular flexibility index (Phi) is 5.85. The van der Waals surface area contributed by atoms with Crippen molar-refractivity contribution in [3.8, 4) is 16.9 Å². The lowest BCUT2D eigenvalue weighted by Gasteiger charge is -2.13. The number of amides is 1. The highest BCUT2D eigenvalue weighted by atomic mass is 16.5. The van der Waals surface area contributed by atoms with E-state index in [4.69, 9.17) is 4.74 Å². The predicted molar refractivity (Wildman–Crippen MR) is 96.0 cm³/mol. The van der Waals surface area contributed by atoms with E-state index in [0.29, 0.717) is 25.6 Å². The minimum absolute atomic E-state index is 0.0425. The second-order valence-electron chi connectivity index (χ2n) is 6.06. The molecule has 4 nitrogen and oxygen atoms in total. The number of benzene rings is 2. The molecule has 1 heterocycles. The molecule has 0 aromatic heterocycles. The molecule has 4 heteroatoms. The lowest BCUT2D eigenvalue weighted by atomic mass is 10.1. The van der Waals surface area contributed by atoms with E-state index < -0.39 is 0 Å². The molecule has 1 aliphatic heterocycles. The Hall–Kier alpha value is -2.33. The van der Waals surface area contributed by atoms with Crippen molar-refractivity contribution in [2.24, 2.45) is 0 Å². The van der Waals surface area contributed by atoms with Crippen LogP contribution in [0.1, 0.15) is 19.3 Å². The molecule has 1 atom stereocenters. The van der Waals surface area contributed by atoms with E-state index >= 15 is 0 Å². The van der Waals surface area contributed by atoms with Crippen molar-refractivity contribution in [2.75, 3.05) is 19.7 Å². The molecule has 24 heavy (non-hydrogen) atoms. The van der Waals surface area contributed by atoms with Gasteiger partial charge in [-0.05, 0) is 31.0 Å². The fourth-order valence-corrected chi connectivity index (χ4v) is 2.96. The molecular formula is C20H24N2O2. The second-order valence-corrected chi connectivity index (χ2v) is 6.06. The zero-order valence-electron chi connectivity index (χ0n) is 13.8. The zero-order valence-corrected chi connectivity index (χ0v) is 13.8. The van der Waals surface area contributed by atoms with Crippen molar-refractivity contribution >= 4 is 5.91 Å². The number of rotatable bonds is 7. The molecule has 1 fully saturated rings. The van der Waals surface area contributed by atoms with Crippen LogP contribution in [0.3, 0.4) is 0 Å². The Morgan fingerprint density at radius 1 is 1.12 bits per heavy atom. The molecule has 1 amide bonds. The number of carbonyl (C=O) groups excluding carboxylic acids is 1. The summed E-state index contributed by atoms with van der Waals surface area (Å²) in [4.78, 5) is 11.9. The first-order chi connectivity index (χ1) is 11.8. The fraction of sp³-hybridized carbons (Fsp3) is 0.350. The van der Waals surface area contributed by atoms with Crippen LogP contribution >= 0.6 is 0 Å². The molecule has 1 saturated heterocycles. The summed E-state index contributed by atoms with van der Waals surface area (Å²) in [6.45, 7) is 2.15. The Morgan fingerprint density at radius 2 is 1.92 bits per heavy atom. The quantitative estimate of drug-likeness (QED) is 0.823. The summed E-state index contributed by atoms with van der Waals surface area (Å²) >= 11 is 0. The van der Waals surface area contributed by atoms with Crippen molar-refractivity contribution < 1.29 is 9.53 Å². The van der Waals surface area contributed by atoms with Crippen LogP contribution in [0.15, 0.2) is 54.6 Å². The van der Waals surface area contributed by atoms with Gasteiger partial charge in [-0.1, -0.05) is 48.5 Å². The van der Waals surface area contributed by atoms with Gasteiger partial charge in [0.2, 0.25) is 5.91 Å². The third-order valence-corrected chi connectivity index (χ3v) is 4.27. The molecule has 1 unspecified atom stereocenters. The number of ether oxygens (including phenoxy) is 1. The molecule has 2 aromatic rings. The van der Waals surface area contributed by atoms with Crippen LogP contribution in [-0.2, 0) is 4.79 Å². The molecular weight excluding hydrogens is 300 g/mol. The first kappa shape index (κ1) is 16.5. The highest BCUT2D eigenvalue weighted by molar-refractivity contribution is 5.76. The summed E-state index contributed by atoms with van der Waals surface area (Å²) in [5, 5.41) is 6.35. The Morgan fingerprint density at radius 3 is 2.71 bits per heavy atom. The molecule has 0 saturated carbocycles. The van der Waals surface area contributed by atoms with Gasteiger partial charge in [-0.25, -0.2) is 0 Å². The first-order valence-electron chi connectivity index (χ1n) is 8.60. The molecule has 0 spiro atoms. The van der Waals surface area contributed by atoms with Gasteiger partial charge in [0.05, 0.1) is 13.0 Å². The summed E-state index contributed by atoms with van der Waals surface area (Å²) in [6.07, 6.45) is 2.71. The highest BCUT2D eigenvalue weighted by Gasteiger charge is 2.14. The molecule has 2 N–H and O–H groups in total. The average molecular weight is 324 g/mol. The largest absolute Gasteiger partial charge is 0.492 e. The monoisotopic (exact) mass is 324 g/mol. The van der Waals surface area contributed by atoms with Gasteiger partial charge in [0.15, 0.2) is 0 Å². The Bertz CT molecular complexity index is 652. The number of para-hydroxylation sites is 1. The van der Waals surface area contributed by atoms with Gasteiger partial charge >= 0.3 is 0 Å². The van der Waals surface area contributed by atoms with Crippen LogP contribution in [0.5, 0.6) is 5.75 Å². The topological polar surface area (TPSA) is 50.4 Å². The summed E-state index contributed by atoms with van der Waals surface area (Å²) in [5.74, 6) is 0.856. The van der Waals surface area contributed by atoms with Crippen LogP contribution in [-0.4, -0.2) is 31.6 Å². The maximum Gasteiger partial charge on any atom is 0.223 e. The second kappa shape index (κ2) is 8.50. The Balaban J connectivity index is 1.49. The van der Waals surface area contributed by atoms with Gasteiger partial charge in [-0.3, -0.25) is 4.79 Å². The molecule has 0 radical (unpaired) electrons. The van der Waals surface area contributed by atoms with E-state index in [0.717, 1.165) is 29.8 Å². The smallest absolute Gasteiger partial charge is 0.223 e. The third kappa shape index (κ3) is 4.59. The predicted octanol–water partition coefficient (Wildman–Crippen LogP) is 2.99. The van der Waals surface area contributed by atoms with Crippen LogP contribution in [0, 0.1) is 0 Å². The molecule has 2 aromatic carbocycles. The van der Waals surface area contributed by atoms with Crippen molar-refractivity contribution in [2.45, 2.75) is 25.3 Å². The van der Waals surface area contributed by atoms with E-state index in [2.05, 4.69) is 22.8 Å². The maximum absolute atomic E-state index is 11.9. The van der Waals surface area contributed by atoms with Crippen molar-refractivity contribution in [3.63, 3.8) is 0 Å². The standard InChI is InChI=1S/C20H24N2O2/c23-20(22-15-17-9-6-13-21-17)12-14-24-19-11-5-4-10-18(19)16-7-2-1-3-8-16/h1-5,7-8,10-11,17,21H,6,9,12-15H2,(H,22,23). The van der Waals surface area contributed by atoms with Crippen LogP contribution < -0.4 is 15.4 Å². The number of hydrogen-bond acceptors (Lipinski definition) is 3. The van der Waals surface area contributed by atoms with Crippen LogP contribution in [0.4, 0.5) is 0 Å². The van der Waals surface area contributed by atoms with Crippen molar-refractivity contribution in [3.05, 3.63) is 54.6 Å². The van der Waals surface area contributed by atoms with Crippen molar-refractivity contribution in [1.29, 1.82) is 0 Å². The molecule has 3 rings (SSSR count). The SMILES string of the molecule is O=C(CCOc1ccccc1-c1ccccc1)NCC1CCCN1. The molecule has 126 valence electrons. The van der Waals surface area contributed by atoms with E-state index in [1.807, 2.05) is 42.5 Å². The average Bonchev–Trinajstić information content (AvgIpc) is 3.15. The van der Waals surface area contributed by atoms with Gasteiger partial charge in [0.25, 0.3) is 0 Å². The van der Waals surface area contributed by atoms with Gasteiger partial charge in [0.1, 0.15) is 5.75 Å². The minimum Gasteiger partial charge on any atom is -0.492 e. The van der Waals surface area contributed by atoms with E-state index in [-0.39, 0.29) is 5.91 Å². The van der Waals surface area contributed by atoms with E-state index in [1.165, 1.54) is 6.42 Å². The van der Waals surface area contributed by atoms with Crippen molar-refractivity contribution in [1.82, 2.24) is 10.6 Å². The minimum atomic E-state index is 0.0425. The molecule has 0 bridgehead atoms. The number of hydrogen-bond donors (Lipinski definition) is 2. The van der Waals surface area contributed by atoms with E-state index in [9.17, 15) is 4.79 Å². The third-order valence-electron chi connectivity index (χ3n) is 4.27. The summed E-state index contributed by atoms with van der Waals surface area (Å²) in [6, 6.07) is 18.5. The lowest BCUT2D eigenvalue weighted by Crippen LogP contribution is -2.37. The summed E-state index contributed by atoms with van der Waals surface area (Å²) < 4.78 is 5.86. The van der Waals surface area contributed by atoms with Crippen LogP contribution in [0.25, 0.3) is 11.1 Å². The van der Waals surface area contributed by atoms with Gasteiger partial charge in [0, 0.05) is 18.2 Å². The van der Waals surface area contributed by atoms with Gasteiger partial charge in [-0.15, -0.1) is 0 Å². The number of nitrogens with one attached hydrogen (secondary N) is 2. The van der Waals surface area contributed by atoms with Gasteiger partial charge in [-0.2, -0.15) is 0 Å². The molecule has 0 aliphatic carbocycles. The molecule has 1 aliphatic rings. The van der Waals surface area contributed by atoms with E-state index in [1.54, 1.807) is 0 Å². The Labute approximate surface area is 143 Å². The normalized spacial score (nSPS) is 16.8. The first-order valence-corrected chi connectivity index (χ1v) is 8.60. The fourth-order valence-electron chi connectivity index (χ4n) is 2.96. The maximum atomic E-state index is 11.9. The van der Waals surface area contributed by atoms with Crippen LogP contribution in [0.2, 0.25) is 0 Å². The summed E-state index contributed by atoms with van der Waals surface area (Å²) in [5.41, 5.74) is 2.17. The van der Waals surface area contributed by atoms with Gasteiger partial charge < -0.3 is 15.4 Å². The lowest BCUT2D eigenvalue weighted by molar-refractivity contribution is -0.121.